The summed E-state index contributed by atoms with van der Waals surface area (Å²) in [5, 5.41) is 13.7. The first-order valence-corrected chi connectivity index (χ1v) is 5.03. The lowest BCUT2D eigenvalue weighted by molar-refractivity contribution is -0.384. The Morgan fingerprint density at radius 2 is 2.00 bits per heavy atom. The summed E-state index contributed by atoms with van der Waals surface area (Å²) in [6.45, 7) is 6.83. The molecular formula is C12H8N4O2. The number of aromatic nitrogens is 1. The molecule has 0 aliphatic heterocycles. The highest BCUT2D eigenvalue weighted by atomic mass is 16.6. The maximum Gasteiger partial charge on any atom is 0.310 e. The lowest BCUT2D eigenvalue weighted by Gasteiger charge is -2.06. The van der Waals surface area contributed by atoms with Crippen LogP contribution in [-0.4, -0.2) is 9.91 Å². The molecule has 0 radical (unpaired) electrons. The van der Waals surface area contributed by atoms with Crippen molar-refractivity contribution in [3.05, 3.63) is 64.3 Å². The van der Waals surface area contributed by atoms with Crippen LogP contribution >= 0.6 is 0 Å². The van der Waals surface area contributed by atoms with Gasteiger partial charge in [0.2, 0.25) is 0 Å². The lowest BCUT2D eigenvalue weighted by Crippen LogP contribution is -1.97. The summed E-state index contributed by atoms with van der Waals surface area (Å²) in [6.07, 6.45) is 2.67. The summed E-state index contributed by atoms with van der Waals surface area (Å²) in [6, 6.07) is 8.20. The molecule has 0 spiro atoms. The average molecular weight is 240 g/mol. The highest BCUT2D eigenvalue weighted by molar-refractivity contribution is 5.69. The fraction of sp³-hybridized carbons (Fsp3) is 0. The molecule has 2 rings (SSSR count). The molecule has 0 atom stereocenters. The van der Waals surface area contributed by atoms with E-state index in [2.05, 4.69) is 15.1 Å². The van der Waals surface area contributed by atoms with Gasteiger partial charge in [0.25, 0.3) is 0 Å². The zero-order valence-corrected chi connectivity index (χ0v) is 9.20. The van der Waals surface area contributed by atoms with Crippen molar-refractivity contribution in [2.75, 3.05) is 5.32 Å². The number of benzene rings is 1. The molecule has 0 bridgehead atoms. The number of nitro groups is 1. The van der Waals surface area contributed by atoms with E-state index in [-0.39, 0.29) is 5.69 Å². The third kappa shape index (κ3) is 2.41. The van der Waals surface area contributed by atoms with Crippen LogP contribution in [0.3, 0.4) is 0 Å². The van der Waals surface area contributed by atoms with Crippen molar-refractivity contribution in [2.45, 2.75) is 0 Å². The number of rotatable bonds is 3. The van der Waals surface area contributed by atoms with Gasteiger partial charge in [0.05, 0.1) is 11.5 Å². The fourth-order valence-corrected chi connectivity index (χ4v) is 1.41. The van der Waals surface area contributed by atoms with Gasteiger partial charge >= 0.3 is 5.69 Å². The molecule has 0 fully saturated rings. The van der Waals surface area contributed by atoms with Gasteiger partial charge in [0.1, 0.15) is 11.9 Å². The molecule has 0 amide bonds. The Morgan fingerprint density at radius 3 is 2.61 bits per heavy atom. The van der Waals surface area contributed by atoms with E-state index in [9.17, 15) is 10.1 Å². The third-order valence-corrected chi connectivity index (χ3v) is 2.27. The first-order valence-electron chi connectivity index (χ1n) is 5.03. The summed E-state index contributed by atoms with van der Waals surface area (Å²) in [5.74, 6) is 0. The predicted molar refractivity (Wildman–Crippen MR) is 66.9 cm³/mol. The molecule has 1 N–H and O–H groups in total. The molecule has 6 nitrogen and oxygen atoms in total. The van der Waals surface area contributed by atoms with E-state index >= 15 is 0 Å². The van der Waals surface area contributed by atoms with Crippen LogP contribution in [0.15, 0.2) is 42.7 Å². The number of nitrogens with one attached hydrogen (secondary N) is 1. The molecule has 0 unspecified atom stereocenters. The lowest BCUT2D eigenvalue weighted by atomic mass is 10.2. The van der Waals surface area contributed by atoms with Crippen molar-refractivity contribution in [3.63, 3.8) is 0 Å². The van der Waals surface area contributed by atoms with Crippen LogP contribution in [0.2, 0.25) is 0 Å². The van der Waals surface area contributed by atoms with Gasteiger partial charge in [-0.3, -0.25) is 15.1 Å². The summed E-state index contributed by atoms with van der Waals surface area (Å²) in [4.78, 5) is 17.3. The Balaban J connectivity index is 2.28. The highest BCUT2D eigenvalue weighted by Gasteiger charge is 2.12. The zero-order chi connectivity index (χ0) is 13.0. The standard InChI is InChI=1S/C12H8N4O2/c1-13-9-2-4-10(5-3-9)15-11-6-7-14-8-12(11)16(17)18/h2-8H,(H,14,15). The molecule has 1 aromatic heterocycles. The first kappa shape index (κ1) is 11.5. The minimum Gasteiger partial charge on any atom is -0.350 e. The Morgan fingerprint density at radius 1 is 1.28 bits per heavy atom. The molecular weight excluding hydrogens is 232 g/mol. The van der Waals surface area contributed by atoms with Crippen molar-refractivity contribution in [2.24, 2.45) is 0 Å². The van der Waals surface area contributed by atoms with E-state index in [1.165, 1.54) is 18.5 Å². The maximum atomic E-state index is 10.8. The second-order valence-corrected chi connectivity index (χ2v) is 3.43. The smallest absolute Gasteiger partial charge is 0.310 e. The van der Waals surface area contributed by atoms with Gasteiger partial charge in [0, 0.05) is 11.9 Å². The maximum absolute atomic E-state index is 10.8. The van der Waals surface area contributed by atoms with Crippen molar-refractivity contribution in [1.82, 2.24) is 4.98 Å². The molecule has 0 aliphatic rings. The minimum absolute atomic E-state index is 0.0910. The van der Waals surface area contributed by atoms with Crippen molar-refractivity contribution < 1.29 is 4.92 Å². The van der Waals surface area contributed by atoms with Crippen molar-refractivity contribution >= 4 is 22.7 Å². The molecule has 2 aromatic rings. The van der Waals surface area contributed by atoms with Gasteiger partial charge in [-0.1, -0.05) is 12.1 Å². The van der Waals surface area contributed by atoms with Crippen molar-refractivity contribution in [1.29, 1.82) is 0 Å². The fourth-order valence-electron chi connectivity index (χ4n) is 1.41. The van der Waals surface area contributed by atoms with Gasteiger partial charge < -0.3 is 5.32 Å². The highest BCUT2D eigenvalue weighted by Crippen LogP contribution is 2.26. The van der Waals surface area contributed by atoms with Crippen LogP contribution in [0.5, 0.6) is 0 Å². The second-order valence-electron chi connectivity index (χ2n) is 3.43. The average Bonchev–Trinajstić information content (AvgIpc) is 2.40. The van der Waals surface area contributed by atoms with Crippen LogP contribution < -0.4 is 5.32 Å². The van der Waals surface area contributed by atoms with Crippen molar-refractivity contribution in [3.8, 4) is 0 Å². The van der Waals surface area contributed by atoms with E-state index < -0.39 is 4.92 Å². The molecule has 0 aliphatic carbocycles. The van der Waals surface area contributed by atoms with E-state index in [0.717, 1.165) is 0 Å². The van der Waals surface area contributed by atoms with Crippen LogP contribution in [0, 0.1) is 16.7 Å². The van der Waals surface area contributed by atoms with E-state index in [4.69, 9.17) is 6.57 Å². The number of pyridine rings is 1. The third-order valence-electron chi connectivity index (χ3n) is 2.27. The zero-order valence-electron chi connectivity index (χ0n) is 9.20. The van der Waals surface area contributed by atoms with Crippen LogP contribution in [0.1, 0.15) is 0 Å². The largest absolute Gasteiger partial charge is 0.350 e. The Kier molecular flexibility index (Phi) is 3.16. The van der Waals surface area contributed by atoms with E-state index in [0.29, 0.717) is 17.1 Å². The van der Waals surface area contributed by atoms with Gasteiger partial charge in [-0.2, -0.15) is 0 Å². The van der Waals surface area contributed by atoms with E-state index in [1.807, 2.05) is 0 Å². The van der Waals surface area contributed by atoms with Gasteiger partial charge in [-0.15, -0.1) is 0 Å². The normalized spacial score (nSPS) is 9.50. The first-order chi connectivity index (χ1) is 8.70. The molecule has 6 heteroatoms. The monoisotopic (exact) mass is 240 g/mol. The summed E-state index contributed by atoms with van der Waals surface area (Å²) in [7, 11) is 0. The number of anilines is 2. The van der Waals surface area contributed by atoms with Gasteiger partial charge in [0.15, 0.2) is 5.69 Å². The molecule has 18 heavy (non-hydrogen) atoms. The number of nitrogens with zero attached hydrogens (tertiary/aromatic N) is 3. The van der Waals surface area contributed by atoms with Crippen LogP contribution in [0.25, 0.3) is 4.85 Å². The van der Waals surface area contributed by atoms with E-state index in [1.54, 1.807) is 24.3 Å². The molecule has 1 aromatic carbocycles. The van der Waals surface area contributed by atoms with Crippen LogP contribution in [0.4, 0.5) is 22.7 Å². The second kappa shape index (κ2) is 4.93. The Hall–Kier alpha value is -2.94. The molecule has 0 saturated carbocycles. The minimum atomic E-state index is -0.497. The van der Waals surface area contributed by atoms with Gasteiger partial charge in [-0.05, 0) is 18.2 Å². The Labute approximate surface area is 103 Å². The molecule has 0 saturated heterocycles. The summed E-state index contributed by atoms with van der Waals surface area (Å²) < 4.78 is 0. The quantitative estimate of drug-likeness (QED) is 0.507. The predicted octanol–water partition coefficient (Wildman–Crippen LogP) is 3.28. The topological polar surface area (TPSA) is 72.4 Å². The van der Waals surface area contributed by atoms with Gasteiger partial charge in [-0.25, -0.2) is 4.85 Å². The molecule has 88 valence electrons. The SMILES string of the molecule is [C-]#[N+]c1ccc(Nc2ccncc2[N+](=O)[O-])cc1. The summed E-state index contributed by atoms with van der Waals surface area (Å²) >= 11 is 0. The summed E-state index contributed by atoms with van der Waals surface area (Å²) in [5.41, 5.74) is 1.47. The number of hydrogen-bond acceptors (Lipinski definition) is 4. The Bertz CT molecular complexity index is 617. The number of hydrogen-bond donors (Lipinski definition) is 1. The van der Waals surface area contributed by atoms with Crippen LogP contribution in [-0.2, 0) is 0 Å². The molecule has 1 heterocycles.